The predicted molar refractivity (Wildman–Crippen MR) is 106 cm³/mol. The lowest BCUT2D eigenvalue weighted by molar-refractivity contribution is 0.0435. The number of methoxy groups -OCH3 is 2. The molecule has 1 aromatic heterocycles. The van der Waals surface area contributed by atoms with E-state index in [-0.39, 0.29) is 29.3 Å². The molecule has 9 heteroatoms. The van der Waals surface area contributed by atoms with Gasteiger partial charge >= 0.3 is 11.9 Å². The summed E-state index contributed by atoms with van der Waals surface area (Å²) in [6, 6.07) is 3.36. The number of hydrogen-bond donors (Lipinski definition) is 1. The minimum Gasteiger partial charge on any atom is -0.493 e. The third kappa shape index (κ3) is 3.53. The highest BCUT2D eigenvalue weighted by atomic mass is 32.1. The number of rotatable bonds is 7. The molecule has 0 radical (unpaired) electrons. The zero-order valence-corrected chi connectivity index (χ0v) is 17.5. The largest absolute Gasteiger partial charge is 0.493 e. The van der Waals surface area contributed by atoms with Crippen LogP contribution in [0, 0.1) is 6.92 Å². The molecule has 1 aliphatic heterocycles. The number of hydrogen-bond acceptors (Lipinski definition) is 9. The SMILES string of the molecule is CCOC(=O)c1c(N[C@@H]2OC(=O)c3c2ccc(OC)c3OC)sc(C(C)=O)c1C. The number of carbonyl (C=O) groups is 3. The average Bonchev–Trinajstić information content (AvgIpc) is 3.18. The molecule has 1 aromatic carbocycles. The minimum absolute atomic E-state index is 0.165. The maximum absolute atomic E-state index is 12.5. The summed E-state index contributed by atoms with van der Waals surface area (Å²) in [5, 5.41) is 3.46. The number of fused-ring (bicyclic) bond motifs is 1. The van der Waals surface area contributed by atoms with Crippen molar-refractivity contribution in [3.63, 3.8) is 0 Å². The van der Waals surface area contributed by atoms with Crippen LogP contribution in [0.1, 0.15) is 61.6 Å². The molecule has 1 N–H and O–H groups in total. The van der Waals surface area contributed by atoms with Crippen LogP contribution in [0.3, 0.4) is 0 Å². The molecule has 154 valence electrons. The second-order valence-corrected chi connectivity index (χ2v) is 7.25. The maximum Gasteiger partial charge on any atom is 0.344 e. The van der Waals surface area contributed by atoms with E-state index in [0.29, 0.717) is 26.8 Å². The van der Waals surface area contributed by atoms with Crippen molar-refractivity contribution in [2.24, 2.45) is 0 Å². The molecule has 0 aliphatic carbocycles. The van der Waals surface area contributed by atoms with Gasteiger partial charge in [-0.05, 0) is 38.5 Å². The minimum atomic E-state index is -0.858. The molecule has 8 nitrogen and oxygen atoms in total. The number of nitrogens with one attached hydrogen (secondary N) is 1. The summed E-state index contributed by atoms with van der Waals surface area (Å²) in [6.07, 6.45) is -0.858. The normalized spacial score (nSPS) is 14.8. The molecule has 0 unspecified atom stereocenters. The summed E-state index contributed by atoms with van der Waals surface area (Å²) in [7, 11) is 2.91. The van der Waals surface area contributed by atoms with Crippen molar-refractivity contribution in [2.75, 3.05) is 26.1 Å². The first-order chi connectivity index (χ1) is 13.8. The van der Waals surface area contributed by atoms with E-state index in [2.05, 4.69) is 5.32 Å². The van der Waals surface area contributed by atoms with Crippen LogP contribution in [0.15, 0.2) is 12.1 Å². The lowest BCUT2D eigenvalue weighted by Crippen LogP contribution is -2.13. The Morgan fingerprint density at radius 1 is 1.24 bits per heavy atom. The number of anilines is 1. The fourth-order valence-electron chi connectivity index (χ4n) is 3.23. The van der Waals surface area contributed by atoms with Gasteiger partial charge in [0.1, 0.15) is 10.6 Å². The first-order valence-corrected chi connectivity index (χ1v) is 9.69. The Kier molecular flexibility index (Phi) is 5.78. The zero-order valence-electron chi connectivity index (χ0n) is 16.7. The number of ketones is 1. The van der Waals surface area contributed by atoms with Gasteiger partial charge in [0.2, 0.25) is 6.23 Å². The Labute approximate surface area is 171 Å². The molecule has 0 amide bonds. The molecular weight excluding hydrogens is 398 g/mol. The molecule has 0 saturated heterocycles. The van der Waals surface area contributed by atoms with Gasteiger partial charge in [0, 0.05) is 5.56 Å². The number of Topliss-reactive ketones (excluding diaryl/α,β-unsaturated/α-hetero) is 1. The van der Waals surface area contributed by atoms with Crippen LogP contribution in [0.4, 0.5) is 5.00 Å². The fourth-order valence-corrected chi connectivity index (χ4v) is 4.33. The number of carbonyl (C=O) groups excluding carboxylic acids is 3. The van der Waals surface area contributed by atoms with E-state index < -0.39 is 18.2 Å². The molecule has 2 heterocycles. The second-order valence-electron chi connectivity index (χ2n) is 6.23. The van der Waals surface area contributed by atoms with Crippen LogP contribution < -0.4 is 14.8 Å². The average molecular weight is 419 g/mol. The summed E-state index contributed by atoms with van der Waals surface area (Å²) in [5.74, 6) is -0.612. The molecule has 0 bridgehead atoms. The Bertz CT molecular complexity index is 995. The lowest BCUT2D eigenvalue weighted by Gasteiger charge is -2.15. The molecule has 0 spiro atoms. The summed E-state index contributed by atoms with van der Waals surface area (Å²) in [5.41, 5.74) is 1.58. The second kappa shape index (κ2) is 8.12. The van der Waals surface area contributed by atoms with E-state index in [4.69, 9.17) is 18.9 Å². The number of thiophene rings is 1. The highest BCUT2D eigenvalue weighted by Gasteiger charge is 2.37. The summed E-state index contributed by atoms with van der Waals surface area (Å²) >= 11 is 1.12. The monoisotopic (exact) mass is 419 g/mol. The number of cyclic esters (lactones) is 1. The van der Waals surface area contributed by atoms with Gasteiger partial charge in [-0.2, -0.15) is 0 Å². The predicted octanol–water partition coefficient (Wildman–Crippen LogP) is 3.73. The molecule has 2 aromatic rings. The van der Waals surface area contributed by atoms with Crippen LogP contribution in [-0.2, 0) is 9.47 Å². The van der Waals surface area contributed by atoms with E-state index in [9.17, 15) is 14.4 Å². The summed E-state index contributed by atoms with van der Waals surface area (Å²) in [6.45, 7) is 5.02. The van der Waals surface area contributed by atoms with Crippen molar-refractivity contribution >= 4 is 34.1 Å². The quantitative estimate of drug-likeness (QED) is 0.535. The number of esters is 2. The first-order valence-electron chi connectivity index (χ1n) is 8.87. The van der Waals surface area contributed by atoms with Gasteiger partial charge in [-0.3, -0.25) is 4.79 Å². The maximum atomic E-state index is 12.5. The van der Waals surface area contributed by atoms with Crippen LogP contribution in [0.5, 0.6) is 11.5 Å². The Morgan fingerprint density at radius 2 is 1.97 bits per heavy atom. The molecular formula is C20H21NO7S. The van der Waals surface area contributed by atoms with Crippen molar-refractivity contribution in [3.05, 3.63) is 39.3 Å². The van der Waals surface area contributed by atoms with Gasteiger partial charge < -0.3 is 24.3 Å². The summed E-state index contributed by atoms with van der Waals surface area (Å²) in [4.78, 5) is 37.4. The number of ether oxygens (including phenoxy) is 4. The Hall–Kier alpha value is -3.07. The highest BCUT2D eigenvalue weighted by molar-refractivity contribution is 7.18. The van der Waals surface area contributed by atoms with E-state index in [1.165, 1.54) is 21.1 Å². The van der Waals surface area contributed by atoms with Gasteiger partial charge in [-0.15, -0.1) is 11.3 Å². The summed E-state index contributed by atoms with van der Waals surface area (Å²) < 4.78 is 21.2. The van der Waals surface area contributed by atoms with Gasteiger partial charge in [0.15, 0.2) is 17.3 Å². The Morgan fingerprint density at radius 3 is 2.55 bits per heavy atom. The van der Waals surface area contributed by atoms with Crippen molar-refractivity contribution in [1.29, 1.82) is 0 Å². The van der Waals surface area contributed by atoms with E-state index in [0.717, 1.165) is 11.3 Å². The van der Waals surface area contributed by atoms with Gasteiger partial charge in [0.05, 0.1) is 31.3 Å². The van der Waals surface area contributed by atoms with Gasteiger partial charge in [-0.1, -0.05) is 0 Å². The van der Waals surface area contributed by atoms with Crippen molar-refractivity contribution in [2.45, 2.75) is 27.0 Å². The van der Waals surface area contributed by atoms with Crippen molar-refractivity contribution in [3.8, 4) is 11.5 Å². The van der Waals surface area contributed by atoms with Crippen molar-refractivity contribution in [1.82, 2.24) is 0 Å². The van der Waals surface area contributed by atoms with Crippen LogP contribution in [0.25, 0.3) is 0 Å². The third-order valence-corrected chi connectivity index (χ3v) is 5.82. The molecule has 3 rings (SSSR count). The van der Waals surface area contributed by atoms with E-state index in [1.54, 1.807) is 26.0 Å². The lowest BCUT2D eigenvalue weighted by atomic mass is 10.1. The van der Waals surface area contributed by atoms with E-state index in [1.807, 2.05) is 0 Å². The zero-order chi connectivity index (χ0) is 21.3. The topological polar surface area (TPSA) is 100 Å². The van der Waals surface area contributed by atoms with E-state index >= 15 is 0 Å². The fraction of sp³-hybridized carbons (Fsp3) is 0.350. The highest BCUT2D eigenvalue weighted by Crippen LogP contribution is 2.44. The van der Waals surface area contributed by atoms with Crippen molar-refractivity contribution < 1.29 is 33.3 Å². The smallest absolute Gasteiger partial charge is 0.344 e. The first kappa shape index (κ1) is 20.7. The van der Waals surface area contributed by atoms with Crippen LogP contribution in [-0.4, -0.2) is 38.5 Å². The van der Waals surface area contributed by atoms with Crippen LogP contribution in [0.2, 0.25) is 0 Å². The van der Waals surface area contributed by atoms with Gasteiger partial charge in [0.25, 0.3) is 0 Å². The molecule has 1 atom stereocenters. The third-order valence-electron chi connectivity index (χ3n) is 4.50. The number of benzene rings is 1. The Balaban J connectivity index is 2.05. The molecule has 0 saturated carbocycles. The molecule has 0 fully saturated rings. The standard InChI is InChI=1S/C20H21NO7S/c1-6-27-19(23)13-9(2)16(10(3)22)29-18(13)21-17-11-7-8-12(25-4)15(26-5)14(11)20(24)28-17/h7-8,17,21H,6H2,1-5H3/t17-/m1/s1. The van der Waals surface area contributed by atoms with Crippen LogP contribution >= 0.6 is 11.3 Å². The van der Waals surface area contributed by atoms with Gasteiger partial charge in [-0.25, -0.2) is 9.59 Å². The molecule has 29 heavy (non-hydrogen) atoms. The molecule has 1 aliphatic rings.